The molecule has 3 N–H and O–H groups in total. The number of fused-ring (bicyclic) bond motifs is 1. The summed E-state index contributed by atoms with van der Waals surface area (Å²) in [6, 6.07) is 1.80. The molecule has 24 heavy (non-hydrogen) atoms. The minimum absolute atomic E-state index is 0.0567. The number of nitrogens with one attached hydrogen (secondary N) is 1. The van der Waals surface area contributed by atoms with Crippen LogP contribution in [0, 0.1) is 5.41 Å². The van der Waals surface area contributed by atoms with Crippen LogP contribution in [0.1, 0.15) is 12.8 Å². The van der Waals surface area contributed by atoms with E-state index >= 15 is 0 Å². The zero-order valence-electron chi connectivity index (χ0n) is 13.1. The highest BCUT2D eigenvalue weighted by Crippen LogP contribution is 2.50. The molecule has 2 aromatic rings. The van der Waals surface area contributed by atoms with Crippen molar-refractivity contribution >= 4 is 26.8 Å². The molecule has 128 valence electrons. The molecule has 1 saturated heterocycles. The summed E-state index contributed by atoms with van der Waals surface area (Å²) in [6.45, 7) is 1.72. The monoisotopic (exact) mass is 350 g/mol. The molecular formula is C14H18N6O3S. The highest BCUT2D eigenvalue weighted by Gasteiger charge is 2.53. The van der Waals surface area contributed by atoms with Gasteiger partial charge >= 0.3 is 0 Å². The van der Waals surface area contributed by atoms with E-state index in [1.165, 1.54) is 0 Å². The number of ether oxygens (including phenoxy) is 1. The molecule has 1 saturated carbocycles. The lowest BCUT2D eigenvalue weighted by Gasteiger charge is -2.59. The Hall–Kier alpha value is -2.04. The van der Waals surface area contributed by atoms with Crippen LogP contribution in [0.4, 0.5) is 5.69 Å². The Balaban J connectivity index is 1.49. The molecule has 4 rings (SSSR count). The summed E-state index contributed by atoms with van der Waals surface area (Å²) >= 11 is 0. The molecule has 1 aliphatic carbocycles. The molecule has 10 heteroatoms. The van der Waals surface area contributed by atoms with E-state index in [2.05, 4.69) is 24.8 Å². The normalized spacial score (nSPS) is 20.0. The van der Waals surface area contributed by atoms with Gasteiger partial charge < -0.3 is 9.64 Å². The highest BCUT2D eigenvalue weighted by molar-refractivity contribution is 7.87. The number of aromatic nitrogens is 3. The predicted molar refractivity (Wildman–Crippen MR) is 87.8 cm³/mol. The van der Waals surface area contributed by atoms with Crippen molar-refractivity contribution in [3.05, 3.63) is 18.5 Å². The first kappa shape index (κ1) is 15.5. The van der Waals surface area contributed by atoms with Gasteiger partial charge in [0.15, 0.2) is 0 Å². The van der Waals surface area contributed by atoms with E-state index in [1.807, 2.05) is 6.07 Å². The lowest BCUT2D eigenvalue weighted by Crippen LogP contribution is -2.67. The van der Waals surface area contributed by atoms with Gasteiger partial charge in [0, 0.05) is 36.0 Å². The smallest absolute Gasteiger partial charge is 0.274 e. The van der Waals surface area contributed by atoms with Gasteiger partial charge in [-0.15, -0.1) is 5.10 Å². The van der Waals surface area contributed by atoms with Crippen LogP contribution < -0.4 is 19.5 Å². The van der Waals surface area contributed by atoms with Gasteiger partial charge in [-0.3, -0.25) is 0 Å². The van der Waals surface area contributed by atoms with Gasteiger partial charge in [0.25, 0.3) is 10.2 Å². The van der Waals surface area contributed by atoms with Crippen LogP contribution in [0.15, 0.2) is 18.5 Å². The first-order chi connectivity index (χ1) is 11.4. The van der Waals surface area contributed by atoms with Crippen molar-refractivity contribution in [1.29, 1.82) is 0 Å². The van der Waals surface area contributed by atoms with Crippen molar-refractivity contribution in [2.75, 3.05) is 25.1 Å². The molecule has 2 aliphatic rings. The van der Waals surface area contributed by atoms with Crippen LogP contribution in [0.3, 0.4) is 0 Å². The molecule has 0 bridgehead atoms. The fourth-order valence-electron chi connectivity index (χ4n) is 3.79. The van der Waals surface area contributed by atoms with Crippen LogP contribution in [0.2, 0.25) is 0 Å². The van der Waals surface area contributed by atoms with Crippen LogP contribution in [0.25, 0.3) is 10.9 Å². The Morgan fingerprint density at radius 3 is 2.79 bits per heavy atom. The first-order valence-electron chi connectivity index (χ1n) is 7.58. The van der Waals surface area contributed by atoms with Crippen molar-refractivity contribution < 1.29 is 13.2 Å². The Bertz CT molecular complexity index is 889. The van der Waals surface area contributed by atoms with E-state index in [1.54, 1.807) is 19.5 Å². The number of hydrogen-bond donors (Lipinski definition) is 2. The number of methoxy groups -OCH3 is 1. The summed E-state index contributed by atoms with van der Waals surface area (Å²) in [7, 11) is -2.05. The fourth-order valence-corrected chi connectivity index (χ4v) is 4.42. The largest absolute Gasteiger partial charge is 0.481 e. The summed E-state index contributed by atoms with van der Waals surface area (Å²) < 4.78 is 29.8. The quantitative estimate of drug-likeness (QED) is 0.782. The molecule has 1 aliphatic heterocycles. The third-order valence-corrected chi connectivity index (χ3v) is 5.43. The van der Waals surface area contributed by atoms with Gasteiger partial charge in [-0.05, 0) is 12.8 Å². The molecule has 2 aromatic heterocycles. The topological polar surface area (TPSA) is 123 Å². The molecular weight excluding hydrogens is 332 g/mol. The average Bonchev–Trinajstić information content (AvgIpc) is 2.46. The summed E-state index contributed by atoms with van der Waals surface area (Å²) in [5.74, 6) is 0.535. The zero-order valence-corrected chi connectivity index (χ0v) is 14.0. The minimum Gasteiger partial charge on any atom is -0.481 e. The van der Waals surface area contributed by atoms with Gasteiger partial charge in [0.05, 0.1) is 25.2 Å². The van der Waals surface area contributed by atoms with Crippen molar-refractivity contribution in [3.8, 4) is 5.88 Å². The SMILES string of the molecule is COc1cc2c(N3CC4(CC(NS(N)(=O)=O)C4)C3)cnnc2cn1. The molecule has 0 unspecified atom stereocenters. The number of pyridine rings is 1. The highest BCUT2D eigenvalue weighted by atomic mass is 32.2. The zero-order chi connectivity index (χ0) is 16.9. The van der Waals surface area contributed by atoms with E-state index in [4.69, 9.17) is 9.88 Å². The lowest BCUT2D eigenvalue weighted by atomic mass is 9.61. The van der Waals surface area contributed by atoms with E-state index in [9.17, 15) is 8.42 Å². The number of nitrogens with two attached hydrogens (primary N) is 1. The third-order valence-electron chi connectivity index (χ3n) is 4.77. The molecule has 0 radical (unpaired) electrons. The fraction of sp³-hybridized carbons (Fsp3) is 0.500. The van der Waals surface area contributed by atoms with E-state index in [-0.39, 0.29) is 11.5 Å². The number of rotatable bonds is 4. The number of hydrogen-bond acceptors (Lipinski definition) is 7. The van der Waals surface area contributed by atoms with Gasteiger partial charge in [-0.2, -0.15) is 18.2 Å². The summed E-state index contributed by atoms with van der Waals surface area (Å²) in [5.41, 5.74) is 1.88. The van der Waals surface area contributed by atoms with Gasteiger partial charge in [-0.25, -0.2) is 10.1 Å². The van der Waals surface area contributed by atoms with Crippen molar-refractivity contribution in [3.63, 3.8) is 0 Å². The van der Waals surface area contributed by atoms with Crippen LogP contribution in [-0.4, -0.2) is 49.8 Å². The van der Waals surface area contributed by atoms with E-state index in [0.717, 1.165) is 42.5 Å². The van der Waals surface area contributed by atoms with Crippen molar-refractivity contribution in [1.82, 2.24) is 19.9 Å². The third kappa shape index (κ3) is 2.66. The van der Waals surface area contributed by atoms with E-state index < -0.39 is 10.2 Å². The maximum Gasteiger partial charge on any atom is 0.274 e. The maximum atomic E-state index is 11.1. The first-order valence-corrected chi connectivity index (χ1v) is 9.13. The maximum absolute atomic E-state index is 11.1. The predicted octanol–water partition coefficient (Wildman–Crippen LogP) is -0.205. The van der Waals surface area contributed by atoms with Crippen molar-refractivity contribution in [2.24, 2.45) is 10.6 Å². The van der Waals surface area contributed by atoms with Crippen LogP contribution in [-0.2, 0) is 10.2 Å². The second-order valence-electron chi connectivity index (χ2n) is 6.60. The Labute approximate surface area is 139 Å². The van der Waals surface area contributed by atoms with Crippen LogP contribution in [0.5, 0.6) is 5.88 Å². The molecule has 2 fully saturated rings. The molecule has 1 spiro atoms. The molecule has 0 atom stereocenters. The molecule has 0 amide bonds. The Kier molecular flexibility index (Phi) is 3.37. The Morgan fingerprint density at radius 1 is 1.38 bits per heavy atom. The van der Waals surface area contributed by atoms with Gasteiger partial charge in [0.1, 0.15) is 5.52 Å². The summed E-state index contributed by atoms with van der Waals surface area (Å²) in [4.78, 5) is 6.38. The summed E-state index contributed by atoms with van der Waals surface area (Å²) in [6.07, 6.45) is 5.01. The summed E-state index contributed by atoms with van der Waals surface area (Å²) in [5, 5.41) is 14.1. The Morgan fingerprint density at radius 2 is 2.12 bits per heavy atom. The standard InChI is InChI=1S/C14H18N6O3S/c1-23-13-2-10-11(5-16-13)18-17-6-12(10)20-7-14(8-20)3-9(4-14)19-24(15,21)22/h2,5-6,9,19H,3-4,7-8H2,1H3,(H2,15,21,22). The minimum atomic E-state index is -3.62. The molecule has 3 heterocycles. The number of nitrogens with zero attached hydrogens (tertiary/aromatic N) is 4. The van der Waals surface area contributed by atoms with Crippen molar-refractivity contribution in [2.45, 2.75) is 18.9 Å². The lowest BCUT2D eigenvalue weighted by molar-refractivity contribution is 0.0592. The second kappa shape index (κ2) is 5.23. The van der Waals surface area contributed by atoms with E-state index in [0.29, 0.717) is 5.88 Å². The average molecular weight is 350 g/mol. The molecule has 0 aromatic carbocycles. The molecule has 9 nitrogen and oxygen atoms in total. The van der Waals surface area contributed by atoms with Crippen LogP contribution >= 0.6 is 0 Å². The number of anilines is 1. The van der Waals surface area contributed by atoms with Gasteiger partial charge in [-0.1, -0.05) is 0 Å². The second-order valence-corrected chi connectivity index (χ2v) is 7.92. The van der Waals surface area contributed by atoms with Gasteiger partial charge in [0.2, 0.25) is 5.88 Å².